The minimum atomic E-state index is -0.106. The summed E-state index contributed by atoms with van der Waals surface area (Å²) >= 11 is 1.74. The summed E-state index contributed by atoms with van der Waals surface area (Å²) in [5.41, 5.74) is 3.04. The van der Waals surface area contributed by atoms with Crippen LogP contribution in [0.15, 0.2) is 42.6 Å². The van der Waals surface area contributed by atoms with Gasteiger partial charge in [-0.3, -0.25) is 15.0 Å². The average molecular weight is 555 g/mol. The first-order chi connectivity index (χ1) is 17.9. The second kappa shape index (κ2) is 12.3. The molecule has 1 fully saturated rings. The third-order valence-electron chi connectivity index (χ3n) is 7.26. The van der Waals surface area contributed by atoms with E-state index in [0.717, 1.165) is 43.9 Å². The molecule has 0 atom stereocenters. The number of aromatic nitrogens is 1. The highest BCUT2D eigenvalue weighted by Crippen LogP contribution is 2.31. The van der Waals surface area contributed by atoms with Crippen molar-refractivity contribution in [3.63, 3.8) is 0 Å². The minimum absolute atomic E-state index is 0. The molecular formula is C28H35ClN6O2S. The molecule has 2 aliphatic rings. The van der Waals surface area contributed by atoms with Crippen molar-refractivity contribution < 1.29 is 9.59 Å². The molecule has 0 unspecified atom stereocenters. The average Bonchev–Trinajstić information content (AvgIpc) is 3.21. The Morgan fingerprint density at radius 2 is 1.95 bits per heavy atom. The summed E-state index contributed by atoms with van der Waals surface area (Å²) in [6, 6.07) is 10.2. The fourth-order valence-electron chi connectivity index (χ4n) is 4.79. The summed E-state index contributed by atoms with van der Waals surface area (Å²) < 4.78 is 1.25. The van der Waals surface area contributed by atoms with E-state index in [-0.39, 0.29) is 24.3 Å². The molecule has 202 valence electrons. The maximum atomic E-state index is 12.8. The van der Waals surface area contributed by atoms with Crippen LogP contribution in [-0.2, 0) is 17.9 Å². The molecule has 0 saturated carbocycles. The molecule has 10 heteroatoms. The van der Waals surface area contributed by atoms with Gasteiger partial charge in [0.05, 0.1) is 13.1 Å². The zero-order valence-electron chi connectivity index (χ0n) is 22.1. The number of piperazine rings is 1. The van der Waals surface area contributed by atoms with Crippen molar-refractivity contribution >= 4 is 57.7 Å². The van der Waals surface area contributed by atoms with Gasteiger partial charge in [-0.25, -0.2) is 9.78 Å². The standard InChI is InChI=1S/C28H34N6O2S.ClH/c1-20-23-6-4-5-7-24(23)37-25(20)19-32(3)26(35)9-8-21-16-22-18-34(28(36)30-27(22)29-17-21)15-14-33-12-10-31(2)11-13-33;/h4-9,16-17H,10-15,18-19H2,1-3H3,(H,29,30,36);1H. The van der Waals surface area contributed by atoms with E-state index >= 15 is 0 Å². The molecule has 0 aliphatic carbocycles. The number of nitrogens with one attached hydrogen (secondary N) is 1. The molecule has 4 heterocycles. The van der Waals surface area contributed by atoms with Crippen molar-refractivity contribution in [3.8, 4) is 0 Å². The number of fused-ring (bicyclic) bond motifs is 2. The zero-order valence-corrected chi connectivity index (χ0v) is 23.8. The van der Waals surface area contributed by atoms with Crippen molar-refractivity contribution in [3.05, 3.63) is 64.2 Å². The molecule has 1 N–H and O–H groups in total. The largest absolute Gasteiger partial charge is 0.337 e. The number of amides is 3. The van der Waals surface area contributed by atoms with Gasteiger partial charge in [-0.2, -0.15) is 0 Å². The summed E-state index contributed by atoms with van der Waals surface area (Å²) in [7, 11) is 3.97. The first-order valence-electron chi connectivity index (χ1n) is 12.7. The van der Waals surface area contributed by atoms with E-state index in [1.54, 1.807) is 34.6 Å². The van der Waals surface area contributed by atoms with Crippen molar-refractivity contribution in [1.29, 1.82) is 0 Å². The van der Waals surface area contributed by atoms with E-state index in [4.69, 9.17) is 0 Å². The lowest BCUT2D eigenvalue weighted by Crippen LogP contribution is -2.48. The number of carbonyl (C=O) groups excluding carboxylic acids is 2. The highest BCUT2D eigenvalue weighted by Gasteiger charge is 2.24. The van der Waals surface area contributed by atoms with Gasteiger partial charge >= 0.3 is 6.03 Å². The molecule has 1 saturated heterocycles. The molecular weight excluding hydrogens is 520 g/mol. The van der Waals surface area contributed by atoms with Crippen molar-refractivity contribution in [2.45, 2.75) is 20.0 Å². The number of thiophene rings is 1. The second-order valence-corrected chi connectivity index (χ2v) is 11.1. The number of pyridine rings is 1. The van der Waals surface area contributed by atoms with E-state index in [9.17, 15) is 9.59 Å². The van der Waals surface area contributed by atoms with Crippen molar-refractivity contribution in [2.75, 3.05) is 58.7 Å². The third-order valence-corrected chi connectivity index (χ3v) is 8.52. The molecule has 3 amide bonds. The van der Waals surface area contributed by atoms with Crippen LogP contribution in [0.3, 0.4) is 0 Å². The Morgan fingerprint density at radius 3 is 2.71 bits per heavy atom. The van der Waals surface area contributed by atoms with E-state index in [2.05, 4.69) is 46.2 Å². The number of hydrogen-bond donors (Lipinski definition) is 1. The number of anilines is 1. The summed E-state index contributed by atoms with van der Waals surface area (Å²) in [5.74, 6) is 0.540. The van der Waals surface area contributed by atoms with Crippen LogP contribution in [0, 0.1) is 6.92 Å². The number of carbonyl (C=O) groups is 2. The lowest BCUT2D eigenvalue weighted by atomic mass is 10.1. The third kappa shape index (κ3) is 6.35. The van der Waals surface area contributed by atoms with Crippen LogP contribution < -0.4 is 5.32 Å². The lowest BCUT2D eigenvalue weighted by Gasteiger charge is -2.35. The minimum Gasteiger partial charge on any atom is -0.337 e. The Labute approximate surface area is 234 Å². The van der Waals surface area contributed by atoms with Crippen LogP contribution in [-0.4, -0.2) is 89.9 Å². The SMILES string of the molecule is Cc1c(CN(C)C(=O)C=Cc2cnc3c(c2)CN(CCN2CCN(C)CC2)C(=O)N3)sc2ccccc12.Cl. The first-order valence-corrected chi connectivity index (χ1v) is 13.5. The van der Waals surface area contributed by atoms with Gasteiger partial charge in [-0.05, 0) is 48.7 Å². The van der Waals surface area contributed by atoms with Gasteiger partial charge in [0.2, 0.25) is 5.91 Å². The summed E-state index contributed by atoms with van der Waals surface area (Å²) in [6.07, 6.45) is 5.09. The van der Waals surface area contributed by atoms with Crippen LogP contribution in [0.5, 0.6) is 0 Å². The fourth-order valence-corrected chi connectivity index (χ4v) is 6.05. The molecule has 1 aromatic carbocycles. The van der Waals surface area contributed by atoms with Crippen molar-refractivity contribution in [1.82, 2.24) is 24.6 Å². The van der Waals surface area contributed by atoms with Crippen LogP contribution in [0.2, 0.25) is 0 Å². The summed E-state index contributed by atoms with van der Waals surface area (Å²) in [4.78, 5) is 39.4. The maximum absolute atomic E-state index is 12.8. The molecule has 5 rings (SSSR count). The number of halogens is 1. The van der Waals surface area contributed by atoms with Gasteiger partial charge in [0, 0.05) is 73.7 Å². The van der Waals surface area contributed by atoms with E-state index < -0.39 is 0 Å². The zero-order chi connectivity index (χ0) is 25.9. The van der Waals surface area contributed by atoms with Crippen LogP contribution in [0.1, 0.15) is 21.6 Å². The van der Waals surface area contributed by atoms with Gasteiger partial charge in [-0.1, -0.05) is 18.2 Å². The van der Waals surface area contributed by atoms with Gasteiger partial charge in [0.15, 0.2) is 0 Å². The monoisotopic (exact) mass is 554 g/mol. The van der Waals surface area contributed by atoms with Gasteiger partial charge in [0.1, 0.15) is 5.82 Å². The summed E-state index contributed by atoms with van der Waals surface area (Å²) in [6.45, 7) is 8.94. The van der Waals surface area contributed by atoms with E-state index in [1.165, 1.54) is 20.5 Å². The van der Waals surface area contributed by atoms with E-state index in [1.807, 2.05) is 30.1 Å². The highest BCUT2D eigenvalue weighted by atomic mass is 35.5. The van der Waals surface area contributed by atoms with Crippen LogP contribution in [0.25, 0.3) is 16.2 Å². The van der Waals surface area contributed by atoms with Gasteiger partial charge in [-0.15, -0.1) is 23.7 Å². The number of benzene rings is 1. The van der Waals surface area contributed by atoms with Crippen LogP contribution in [0.4, 0.5) is 10.6 Å². The second-order valence-electron chi connectivity index (χ2n) is 9.95. The Morgan fingerprint density at radius 1 is 1.18 bits per heavy atom. The maximum Gasteiger partial charge on any atom is 0.323 e. The number of rotatable bonds is 7. The normalized spacial score (nSPS) is 16.4. The Kier molecular flexibility index (Phi) is 9.04. The van der Waals surface area contributed by atoms with Gasteiger partial charge in [0.25, 0.3) is 0 Å². The number of urea groups is 1. The quantitative estimate of drug-likeness (QED) is 0.441. The first kappa shape index (κ1) is 28.0. The van der Waals surface area contributed by atoms with Gasteiger partial charge < -0.3 is 14.7 Å². The Balaban J connectivity index is 0.00000336. The summed E-state index contributed by atoms with van der Waals surface area (Å²) in [5, 5.41) is 4.16. The predicted octanol–water partition coefficient (Wildman–Crippen LogP) is 4.29. The number of aryl methyl sites for hydroxylation is 1. The molecule has 0 radical (unpaired) electrons. The number of likely N-dealkylation sites (N-methyl/N-ethyl adjacent to an activating group) is 2. The molecule has 0 spiro atoms. The van der Waals surface area contributed by atoms with E-state index in [0.29, 0.717) is 25.5 Å². The topological polar surface area (TPSA) is 72.0 Å². The molecule has 0 bridgehead atoms. The smallest absolute Gasteiger partial charge is 0.323 e. The molecule has 2 aromatic heterocycles. The number of nitrogens with zero attached hydrogens (tertiary/aromatic N) is 5. The highest BCUT2D eigenvalue weighted by molar-refractivity contribution is 7.19. The lowest BCUT2D eigenvalue weighted by molar-refractivity contribution is -0.125. The van der Waals surface area contributed by atoms with Crippen molar-refractivity contribution in [2.24, 2.45) is 0 Å². The van der Waals surface area contributed by atoms with Crippen LogP contribution >= 0.6 is 23.7 Å². The molecule has 3 aromatic rings. The predicted molar refractivity (Wildman–Crippen MR) is 157 cm³/mol. The fraction of sp³-hybridized carbons (Fsp3) is 0.393. The molecule has 2 aliphatic heterocycles. The Bertz CT molecular complexity index is 1330. The number of hydrogen-bond acceptors (Lipinski definition) is 6. The molecule has 38 heavy (non-hydrogen) atoms. The Hall–Kier alpha value is -2.98. The molecule has 8 nitrogen and oxygen atoms in total.